The fourth-order valence-electron chi connectivity index (χ4n) is 3.35. The third-order valence-corrected chi connectivity index (χ3v) is 4.98. The molecule has 3 aromatic heterocycles. The molecule has 0 saturated carbocycles. The van der Waals surface area contributed by atoms with Crippen LogP contribution in [0, 0.1) is 6.92 Å². The molecule has 1 aromatic carbocycles. The first-order valence-corrected chi connectivity index (χ1v) is 9.95. The molecule has 0 aliphatic carbocycles. The summed E-state index contributed by atoms with van der Waals surface area (Å²) >= 11 is 0. The van der Waals surface area contributed by atoms with Crippen LogP contribution in [0.1, 0.15) is 17.7 Å². The largest absolute Gasteiger partial charge is 0.425 e. The minimum Gasteiger partial charge on any atom is -0.425 e. The van der Waals surface area contributed by atoms with Gasteiger partial charge < -0.3 is 9.84 Å². The first-order chi connectivity index (χ1) is 15.0. The molecule has 31 heavy (non-hydrogen) atoms. The number of hydrogen-bond donors (Lipinski definition) is 1. The van der Waals surface area contributed by atoms with Gasteiger partial charge in [0, 0.05) is 26.4 Å². The number of aromatic nitrogens is 5. The van der Waals surface area contributed by atoms with Crippen molar-refractivity contribution in [3.05, 3.63) is 80.8 Å². The Hall–Kier alpha value is -3.72. The van der Waals surface area contributed by atoms with Gasteiger partial charge in [0.25, 0.3) is 5.56 Å². The maximum absolute atomic E-state index is 13.3. The lowest BCUT2D eigenvalue weighted by molar-refractivity contribution is 0.277. The summed E-state index contributed by atoms with van der Waals surface area (Å²) < 4.78 is 10.1. The van der Waals surface area contributed by atoms with Gasteiger partial charge in [0.1, 0.15) is 5.75 Å². The number of rotatable bonds is 7. The maximum Gasteiger partial charge on any atom is 0.332 e. The fourth-order valence-corrected chi connectivity index (χ4v) is 3.35. The number of para-hydroxylation sites is 1. The molecule has 0 aliphatic rings. The van der Waals surface area contributed by atoms with Crippen molar-refractivity contribution in [2.75, 3.05) is 6.61 Å². The Bertz CT molecular complexity index is 1320. The van der Waals surface area contributed by atoms with Gasteiger partial charge in [0.2, 0.25) is 0 Å². The lowest BCUT2D eigenvalue weighted by atomic mass is 10.3. The summed E-state index contributed by atoms with van der Waals surface area (Å²) in [5.41, 5.74) is 1.25. The van der Waals surface area contributed by atoms with Crippen LogP contribution in [0.15, 0.2) is 58.3 Å². The van der Waals surface area contributed by atoms with E-state index < -0.39 is 11.2 Å². The van der Waals surface area contributed by atoms with E-state index in [4.69, 9.17) is 9.84 Å². The quantitative estimate of drug-likeness (QED) is 0.488. The molecule has 4 rings (SSSR count). The molecule has 0 amide bonds. The van der Waals surface area contributed by atoms with Crippen LogP contribution >= 0.6 is 0 Å². The summed E-state index contributed by atoms with van der Waals surface area (Å²) in [5, 5.41) is 9.16. The van der Waals surface area contributed by atoms with Gasteiger partial charge in [-0.05, 0) is 37.1 Å². The lowest BCUT2D eigenvalue weighted by Gasteiger charge is -2.11. The van der Waals surface area contributed by atoms with E-state index >= 15 is 0 Å². The molecule has 9 nitrogen and oxygen atoms in total. The van der Waals surface area contributed by atoms with Gasteiger partial charge in [-0.25, -0.2) is 4.79 Å². The third kappa shape index (κ3) is 3.99. The lowest BCUT2D eigenvalue weighted by Crippen LogP contribution is -2.39. The fraction of sp³-hybridized carbons (Fsp3) is 0.273. The van der Waals surface area contributed by atoms with E-state index in [0.29, 0.717) is 12.2 Å². The SMILES string of the molecule is Cc1ccc(Cn2c(Oc3ccccc3)nc3c2c(=O)n(CCCO)c(=O)n3C)nc1. The minimum atomic E-state index is -0.490. The number of hydrogen-bond acceptors (Lipinski definition) is 6. The van der Waals surface area contributed by atoms with E-state index in [1.54, 1.807) is 29.9 Å². The zero-order valence-corrected chi connectivity index (χ0v) is 17.4. The summed E-state index contributed by atoms with van der Waals surface area (Å²) in [5.74, 6) is 0.557. The summed E-state index contributed by atoms with van der Waals surface area (Å²) in [6, 6.07) is 13.1. The highest BCUT2D eigenvalue weighted by Gasteiger charge is 2.22. The molecule has 0 spiro atoms. The topological polar surface area (TPSA) is 104 Å². The summed E-state index contributed by atoms with van der Waals surface area (Å²) in [4.78, 5) is 34.9. The van der Waals surface area contributed by atoms with Gasteiger partial charge in [-0.1, -0.05) is 24.3 Å². The van der Waals surface area contributed by atoms with Gasteiger partial charge in [0.05, 0.1) is 12.2 Å². The second-order valence-corrected chi connectivity index (χ2v) is 7.27. The third-order valence-electron chi connectivity index (χ3n) is 4.98. The van der Waals surface area contributed by atoms with Crippen molar-refractivity contribution in [2.45, 2.75) is 26.4 Å². The average Bonchev–Trinajstić information content (AvgIpc) is 3.12. The molecule has 4 aromatic rings. The van der Waals surface area contributed by atoms with Gasteiger partial charge in [0.15, 0.2) is 11.2 Å². The van der Waals surface area contributed by atoms with E-state index in [1.165, 1.54) is 4.57 Å². The molecule has 0 aliphatic heterocycles. The van der Waals surface area contributed by atoms with Crippen molar-refractivity contribution in [1.82, 2.24) is 23.7 Å². The van der Waals surface area contributed by atoms with Crippen molar-refractivity contribution in [1.29, 1.82) is 0 Å². The molecule has 3 heterocycles. The van der Waals surface area contributed by atoms with E-state index in [0.717, 1.165) is 15.8 Å². The van der Waals surface area contributed by atoms with Crippen molar-refractivity contribution in [3.63, 3.8) is 0 Å². The second kappa shape index (κ2) is 8.57. The van der Waals surface area contributed by atoms with Crippen LogP contribution in [0.3, 0.4) is 0 Å². The van der Waals surface area contributed by atoms with Crippen LogP contribution in [0.5, 0.6) is 11.8 Å². The normalized spacial score (nSPS) is 11.2. The number of imidazole rings is 1. The predicted octanol–water partition coefficient (Wildman–Crippen LogP) is 1.82. The standard InChI is InChI=1S/C22H23N5O4/c1-15-9-10-16(23-13-15)14-27-18-19(24-21(27)31-17-7-4-3-5-8-17)25(2)22(30)26(20(18)29)11-6-12-28/h3-5,7-10,13,28H,6,11-12,14H2,1-2H3. The highest BCUT2D eigenvalue weighted by molar-refractivity contribution is 5.72. The van der Waals surface area contributed by atoms with Crippen LogP contribution in [-0.2, 0) is 20.1 Å². The number of benzene rings is 1. The maximum atomic E-state index is 13.3. The highest BCUT2D eigenvalue weighted by Crippen LogP contribution is 2.24. The number of aliphatic hydroxyl groups is 1. The van der Waals surface area contributed by atoms with E-state index in [9.17, 15) is 9.59 Å². The Balaban J connectivity index is 1.93. The van der Waals surface area contributed by atoms with Gasteiger partial charge in [-0.15, -0.1) is 0 Å². The van der Waals surface area contributed by atoms with Gasteiger partial charge in [-0.2, -0.15) is 4.98 Å². The van der Waals surface area contributed by atoms with Crippen LogP contribution < -0.4 is 16.0 Å². The minimum absolute atomic E-state index is 0.112. The van der Waals surface area contributed by atoms with Gasteiger partial charge in [-0.3, -0.25) is 23.5 Å². The Morgan fingerprint density at radius 2 is 1.84 bits per heavy atom. The molecule has 160 valence electrons. The molecule has 0 radical (unpaired) electrons. The van der Waals surface area contributed by atoms with Crippen molar-refractivity contribution < 1.29 is 9.84 Å². The predicted molar refractivity (Wildman–Crippen MR) is 116 cm³/mol. The second-order valence-electron chi connectivity index (χ2n) is 7.27. The molecule has 0 bridgehead atoms. The number of pyridine rings is 1. The van der Waals surface area contributed by atoms with Gasteiger partial charge >= 0.3 is 11.7 Å². The van der Waals surface area contributed by atoms with Crippen LogP contribution in [0.25, 0.3) is 11.2 Å². The number of nitrogens with zero attached hydrogens (tertiary/aromatic N) is 5. The molecule has 0 atom stereocenters. The van der Waals surface area contributed by atoms with E-state index in [-0.39, 0.29) is 36.9 Å². The Morgan fingerprint density at radius 1 is 1.06 bits per heavy atom. The summed E-state index contributed by atoms with van der Waals surface area (Å²) in [6.07, 6.45) is 2.04. The Kier molecular flexibility index (Phi) is 5.68. The number of fused-ring (bicyclic) bond motifs is 1. The summed E-state index contributed by atoms with van der Waals surface area (Å²) in [6.45, 7) is 2.18. The highest BCUT2D eigenvalue weighted by atomic mass is 16.5. The van der Waals surface area contributed by atoms with Crippen molar-refractivity contribution >= 4 is 11.2 Å². The molecular weight excluding hydrogens is 398 g/mol. The van der Waals surface area contributed by atoms with Crippen molar-refractivity contribution in [3.8, 4) is 11.8 Å². The number of ether oxygens (including phenoxy) is 1. The Morgan fingerprint density at radius 3 is 2.52 bits per heavy atom. The monoisotopic (exact) mass is 421 g/mol. The molecule has 0 fully saturated rings. The first-order valence-electron chi connectivity index (χ1n) is 9.95. The van der Waals surface area contributed by atoms with E-state index in [1.807, 2.05) is 37.3 Å². The molecule has 0 saturated heterocycles. The van der Waals surface area contributed by atoms with Crippen LogP contribution in [0.4, 0.5) is 0 Å². The zero-order valence-electron chi connectivity index (χ0n) is 17.4. The first kappa shape index (κ1) is 20.5. The zero-order chi connectivity index (χ0) is 22.0. The molecular formula is C22H23N5O4. The molecule has 0 unspecified atom stereocenters. The van der Waals surface area contributed by atoms with Crippen molar-refractivity contribution in [2.24, 2.45) is 7.05 Å². The molecule has 1 N–H and O–H groups in total. The van der Waals surface area contributed by atoms with E-state index in [2.05, 4.69) is 9.97 Å². The average molecular weight is 421 g/mol. The number of aliphatic hydroxyl groups excluding tert-OH is 1. The molecule has 9 heteroatoms. The smallest absolute Gasteiger partial charge is 0.332 e. The van der Waals surface area contributed by atoms with Crippen LogP contribution in [-0.4, -0.2) is 35.4 Å². The van der Waals surface area contributed by atoms with Crippen LogP contribution in [0.2, 0.25) is 0 Å². The number of aryl methyl sites for hydroxylation is 2. The Labute approximate surface area is 177 Å². The summed E-state index contributed by atoms with van der Waals surface area (Å²) in [7, 11) is 1.56.